The zero-order valence-electron chi connectivity index (χ0n) is 14.4. The highest BCUT2D eigenvalue weighted by Crippen LogP contribution is 2.31. The first-order valence-electron chi connectivity index (χ1n) is 8.11. The van der Waals surface area contributed by atoms with Gasteiger partial charge in [0.2, 0.25) is 5.91 Å². The van der Waals surface area contributed by atoms with E-state index in [4.69, 9.17) is 15.2 Å². The minimum atomic E-state index is -0.428. The van der Waals surface area contributed by atoms with E-state index in [9.17, 15) is 4.79 Å². The molecule has 128 valence electrons. The Morgan fingerprint density at radius 1 is 0.960 bits per heavy atom. The lowest BCUT2D eigenvalue weighted by Gasteiger charge is -2.17. The molecule has 25 heavy (non-hydrogen) atoms. The molecular weight excluding hydrogens is 314 g/mol. The number of hydrogen-bond acceptors (Lipinski definition) is 3. The third-order valence-electron chi connectivity index (χ3n) is 4.42. The summed E-state index contributed by atoms with van der Waals surface area (Å²) in [6, 6.07) is 19.5. The quantitative estimate of drug-likeness (QED) is 0.747. The molecule has 0 aromatic heterocycles. The molecule has 3 aromatic carbocycles. The number of carbonyl (C=O) groups excluding carboxylic acids is 1. The highest BCUT2D eigenvalue weighted by molar-refractivity contribution is 5.93. The van der Waals surface area contributed by atoms with Crippen molar-refractivity contribution in [3.63, 3.8) is 0 Å². The van der Waals surface area contributed by atoms with Crippen molar-refractivity contribution >= 4 is 16.7 Å². The van der Waals surface area contributed by atoms with E-state index in [1.54, 1.807) is 14.2 Å². The number of hydrogen-bond donors (Lipinski definition) is 1. The molecule has 3 aromatic rings. The van der Waals surface area contributed by atoms with Crippen molar-refractivity contribution in [2.45, 2.75) is 12.3 Å². The molecule has 4 nitrogen and oxygen atoms in total. The van der Waals surface area contributed by atoms with E-state index in [0.717, 1.165) is 33.4 Å². The Hall–Kier alpha value is -3.01. The second-order valence-corrected chi connectivity index (χ2v) is 5.94. The molecule has 0 radical (unpaired) electrons. The van der Waals surface area contributed by atoms with Crippen LogP contribution in [0.3, 0.4) is 0 Å². The van der Waals surface area contributed by atoms with E-state index in [1.807, 2.05) is 60.7 Å². The fraction of sp³-hybridized carbons (Fsp3) is 0.190. The van der Waals surface area contributed by atoms with E-state index in [0.29, 0.717) is 6.42 Å². The van der Waals surface area contributed by atoms with Gasteiger partial charge in [-0.1, -0.05) is 36.4 Å². The minimum absolute atomic E-state index is 0.349. The Balaban J connectivity index is 2.06. The first kappa shape index (κ1) is 16.8. The molecule has 1 atom stereocenters. The van der Waals surface area contributed by atoms with E-state index >= 15 is 0 Å². The summed E-state index contributed by atoms with van der Waals surface area (Å²) in [5.74, 6) is 0.742. The van der Waals surface area contributed by atoms with E-state index < -0.39 is 5.92 Å². The Labute approximate surface area is 147 Å². The Kier molecular flexibility index (Phi) is 4.89. The molecule has 0 heterocycles. The monoisotopic (exact) mass is 335 g/mol. The van der Waals surface area contributed by atoms with Crippen molar-refractivity contribution in [2.24, 2.45) is 5.73 Å². The number of primary amides is 1. The lowest BCUT2D eigenvalue weighted by molar-refractivity contribution is -0.119. The number of benzene rings is 3. The van der Waals surface area contributed by atoms with Gasteiger partial charge in [0.25, 0.3) is 0 Å². The maximum Gasteiger partial charge on any atom is 0.225 e. The van der Waals surface area contributed by atoms with Gasteiger partial charge in [-0.15, -0.1) is 0 Å². The summed E-state index contributed by atoms with van der Waals surface area (Å²) < 4.78 is 10.6. The van der Waals surface area contributed by atoms with Gasteiger partial charge in [-0.2, -0.15) is 0 Å². The number of amides is 1. The molecule has 1 unspecified atom stereocenters. The first-order chi connectivity index (χ1) is 12.1. The number of ether oxygens (including phenoxy) is 2. The molecule has 3 rings (SSSR count). The van der Waals surface area contributed by atoms with Crippen LogP contribution in [-0.2, 0) is 11.2 Å². The van der Waals surface area contributed by atoms with E-state index in [2.05, 4.69) is 0 Å². The van der Waals surface area contributed by atoms with Gasteiger partial charge < -0.3 is 15.2 Å². The van der Waals surface area contributed by atoms with Gasteiger partial charge >= 0.3 is 0 Å². The van der Waals surface area contributed by atoms with Crippen LogP contribution >= 0.6 is 0 Å². The SMILES string of the molecule is COc1cccc(CC(C(N)=O)c2cccc3ccc(OC)cc23)c1. The van der Waals surface area contributed by atoms with Gasteiger partial charge in [-0.05, 0) is 52.6 Å². The van der Waals surface area contributed by atoms with Crippen LogP contribution in [0.25, 0.3) is 10.8 Å². The second-order valence-electron chi connectivity index (χ2n) is 5.94. The van der Waals surface area contributed by atoms with Gasteiger partial charge in [-0.25, -0.2) is 0 Å². The Morgan fingerprint density at radius 3 is 2.40 bits per heavy atom. The van der Waals surface area contributed by atoms with Crippen LogP contribution in [0.4, 0.5) is 0 Å². The highest BCUT2D eigenvalue weighted by Gasteiger charge is 2.21. The molecule has 0 saturated carbocycles. The minimum Gasteiger partial charge on any atom is -0.497 e. The molecular formula is C21H21NO3. The van der Waals surface area contributed by atoms with Crippen LogP contribution in [-0.4, -0.2) is 20.1 Å². The molecule has 0 saturated heterocycles. The Bertz CT molecular complexity index is 905. The fourth-order valence-electron chi connectivity index (χ4n) is 3.11. The molecule has 0 aliphatic rings. The first-order valence-corrected chi connectivity index (χ1v) is 8.11. The number of fused-ring (bicyclic) bond motifs is 1. The second kappa shape index (κ2) is 7.26. The van der Waals surface area contributed by atoms with Crippen LogP contribution in [0.2, 0.25) is 0 Å². The van der Waals surface area contributed by atoms with E-state index in [-0.39, 0.29) is 5.91 Å². The van der Waals surface area contributed by atoms with Gasteiger partial charge in [0.15, 0.2) is 0 Å². The molecule has 2 N–H and O–H groups in total. The zero-order chi connectivity index (χ0) is 17.8. The average molecular weight is 335 g/mol. The van der Waals surface area contributed by atoms with Crippen molar-refractivity contribution in [1.82, 2.24) is 0 Å². The number of rotatable bonds is 6. The maximum absolute atomic E-state index is 12.2. The number of carbonyl (C=O) groups is 1. The molecule has 0 fully saturated rings. The summed E-state index contributed by atoms with van der Waals surface area (Å²) in [6.45, 7) is 0. The smallest absolute Gasteiger partial charge is 0.225 e. The topological polar surface area (TPSA) is 61.5 Å². The molecule has 4 heteroatoms. The van der Waals surface area contributed by atoms with Crippen molar-refractivity contribution < 1.29 is 14.3 Å². The normalized spacial score (nSPS) is 11.9. The standard InChI is InChI=1S/C21H21NO3/c1-24-16-7-3-5-14(11-16)12-20(21(22)23)18-8-4-6-15-9-10-17(25-2)13-19(15)18/h3-11,13,20H,12H2,1-2H3,(H2,22,23). The number of methoxy groups -OCH3 is 2. The largest absolute Gasteiger partial charge is 0.497 e. The summed E-state index contributed by atoms with van der Waals surface area (Å²) in [5.41, 5.74) is 7.66. The highest BCUT2D eigenvalue weighted by atomic mass is 16.5. The van der Waals surface area contributed by atoms with E-state index in [1.165, 1.54) is 0 Å². The van der Waals surface area contributed by atoms with Gasteiger partial charge in [0.1, 0.15) is 11.5 Å². The van der Waals surface area contributed by atoms with Crippen LogP contribution in [0.5, 0.6) is 11.5 Å². The third-order valence-corrected chi connectivity index (χ3v) is 4.42. The van der Waals surface area contributed by atoms with Gasteiger partial charge in [0.05, 0.1) is 20.1 Å². The molecule has 0 bridgehead atoms. The van der Waals surface area contributed by atoms with Crippen LogP contribution in [0, 0.1) is 0 Å². The maximum atomic E-state index is 12.2. The summed E-state index contributed by atoms with van der Waals surface area (Å²) in [7, 11) is 3.26. The predicted octanol–water partition coefficient (Wildman–Crippen LogP) is 3.67. The van der Waals surface area contributed by atoms with Crippen LogP contribution < -0.4 is 15.2 Å². The Morgan fingerprint density at radius 2 is 1.68 bits per heavy atom. The summed E-state index contributed by atoms with van der Waals surface area (Å²) in [5, 5.41) is 2.03. The van der Waals surface area contributed by atoms with Crippen LogP contribution in [0.1, 0.15) is 17.0 Å². The lowest BCUT2D eigenvalue weighted by Crippen LogP contribution is -2.23. The van der Waals surface area contributed by atoms with Crippen LogP contribution in [0.15, 0.2) is 60.7 Å². The van der Waals surface area contributed by atoms with Crippen molar-refractivity contribution in [1.29, 1.82) is 0 Å². The molecule has 1 amide bonds. The van der Waals surface area contributed by atoms with Crippen molar-refractivity contribution in [2.75, 3.05) is 14.2 Å². The summed E-state index contributed by atoms with van der Waals surface area (Å²) >= 11 is 0. The average Bonchev–Trinajstić information content (AvgIpc) is 2.65. The summed E-state index contributed by atoms with van der Waals surface area (Å²) in [4.78, 5) is 12.2. The molecule has 0 aliphatic carbocycles. The fourth-order valence-corrected chi connectivity index (χ4v) is 3.11. The molecule has 0 aliphatic heterocycles. The number of nitrogens with two attached hydrogens (primary N) is 1. The van der Waals surface area contributed by atoms with Gasteiger partial charge in [-0.3, -0.25) is 4.79 Å². The van der Waals surface area contributed by atoms with Crippen molar-refractivity contribution in [3.8, 4) is 11.5 Å². The van der Waals surface area contributed by atoms with Crippen molar-refractivity contribution in [3.05, 3.63) is 71.8 Å². The van der Waals surface area contributed by atoms with Gasteiger partial charge in [0, 0.05) is 0 Å². The zero-order valence-corrected chi connectivity index (χ0v) is 14.4. The predicted molar refractivity (Wildman–Crippen MR) is 99.1 cm³/mol. The lowest BCUT2D eigenvalue weighted by atomic mass is 9.88. The molecule has 0 spiro atoms. The third kappa shape index (κ3) is 3.58. The summed E-state index contributed by atoms with van der Waals surface area (Å²) in [6.07, 6.45) is 0.517.